The zero-order valence-corrected chi connectivity index (χ0v) is 23.6. The average molecular weight is 557 g/mol. The van der Waals surface area contributed by atoms with Crippen LogP contribution in [0.4, 0.5) is 5.13 Å². The van der Waals surface area contributed by atoms with Crippen molar-refractivity contribution in [3.63, 3.8) is 0 Å². The Balaban J connectivity index is 1.26. The number of benzene rings is 1. The van der Waals surface area contributed by atoms with Crippen molar-refractivity contribution in [1.82, 2.24) is 15.2 Å². The van der Waals surface area contributed by atoms with E-state index >= 15 is 0 Å². The van der Waals surface area contributed by atoms with Gasteiger partial charge < -0.3 is 20.3 Å². The lowest BCUT2D eigenvalue weighted by Gasteiger charge is -2.36. The second kappa shape index (κ2) is 12.2. The van der Waals surface area contributed by atoms with Crippen LogP contribution < -0.4 is 10.6 Å². The maximum Gasteiger partial charge on any atom is 0.251 e. The zero-order chi connectivity index (χ0) is 26.6. The summed E-state index contributed by atoms with van der Waals surface area (Å²) in [4.78, 5) is 45.8. The number of nitrogens with zero attached hydrogens (tertiary/aromatic N) is 2. The van der Waals surface area contributed by atoms with E-state index in [2.05, 4.69) is 22.5 Å². The number of ether oxygens (including phenoxy) is 1. The topological polar surface area (TPSA) is 101 Å². The highest BCUT2D eigenvalue weighted by atomic mass is 32.2. The Morgan fingerprint density at radius 1 is 1.13 bits per heavy atom. The molecule has 3 amide bonds. The van der Waals surface area contributed by atoms with E-state index in [0.29, 0.717) is 41.6 Å². The Kier molecular flexibility index (Phi) is 8.70. The number of rotatable bonds is 9. The molecule has 204 valence electrons. The van der Waals surface area contributed by atoms with Crippen LogP contribution in [-0.2, 0) is 14.3 Å². The summed E-state index contributed by atoms with van der Waals surface area (Å²) in [7, 11) is 0. The van der Waals surface area contributed by atoms with Gasteiger partial charge in [-0.05, 0) is 50.2 Å². The fraction of sp³-hybridized carbons (Fsp3) is 0.571. The first-order valence-electron chi connectivity index (χ1n) is 13.6. The molecule has 3 fully saturated rings. The molecule has 0 spiro atoms. The molecule has 2 N–H and O–H groups in total. The molecule has 2 aliphatic heterocycles. The molecule has 2 saturated heterocycles. The van der Waals surface area contributed by atoms with Gasteiger partial charge in [0.1, 0.15) is 6.04 Å². The first-order chi connectivity index (χ1) is 18.4. The summed E-state index contributed by atoms with van der Waals surface area (Å²) in [5.74, 6) is 0.644. The maximum atomic E-state index is 13.5. The minimum atomic E-state index is -0.517. The standard InChI is InChI=1S/C28H36N4O4S2/c1-3-4-17(2)26(35)32-23(16-37-27(32)20-11-13-36-14-12-20)25(34)31-28-30-22(15-38-28)18-5-7-19(8-6-18)24(33)29-21-9-10-21/h5-8,15,17,20-21,23,27H,3-4,9-14,16H2,1-2H3,(H,29,33)(H,30,31,34). The monoisotopic (exact) mass is 556 g/mol. The predicted molar refractivity (Wildman–Crippen MR) is 151 cm³/mol. The van der Waals surface area contributed by atoms with Crippen molar-refractivity contribution >= 4 is 46.0 Å². The Hall–Kier alpha value is -2.43. The number of amides is 3. The quantitative estimate of drug-likeness (QED) is 0.461. The van der Waals surface area contributed by atoms with E-state index < -0.39 is 6.04 Å². The van der Waals surface area contributed by atoms with Gasteiger partial charge in [-0.1, -0.05) is 32.4 Å². The van der Waals surface area contributed by atoms with Crippen LogP contribution in [0, 0.1) is 11.8 Å². The highest BCUT2D eigenvalue weighted by molar-refractivity contribution is 8.00. The summed E-state index contributed by atoms with van der Waals surface area (Å²) in [6.07, 6.45) is 5.67. The fourth-order valence-electron chi connectivity index (χ4n) is 5.13. The van der Waals surface area contributed by atoms with E-state index in [9.17, 15) is 14.4 Å². The second-order valence-electron chi connectivity index (χ2n) is 10.5. The van der Waals surface area contributed by atoms with Gasteiger partial charge in [-0.3, -0.25) is 14.4 Å². The van der Waals surface area contributed by atoms with Crippen LogP contribution in [0.25, 0.3) is 11.3 Å². The fourth-order valence-corrected chi connectivity index (χ4v) is 7.49. The summed E-state index contributed by atoms with van der Waals surface area (Å²) >= 11 is 3.08. The molecule has 0 bridgehead atoms. The van der Waals surface area contributed by atoms with Gasteiger partial charge in [0.15, 0.2) is 5.13 Å². The number of thioether (sulfide) groups is 1. The van der Waals surface area contributed by atoms with E-state index in [0.717, 1.165) is 49.8 Å². The van der Waals surface area contributed by atoms with Crippen LogP contribution in [0.15, 0.2) is 29.6 Å². The van der Waals surface area contributed by atoms with Gasteiger partial charge in [0.2, 0.25) is 11.8 Å². The molecule has 1 saturated carbocycles. The first-order valence-corrected chi connectivity index (χ1v) is 15.6. The molecule has 3 heterocycles. The lowest BCUT2D eigenvalue weighted by atomic mass is 9.96. The number of thiazole rings is 1. The third-order valence-electron chi connectivity index (χ3n) is 7.49. The number of carbonyl (C=O) groups excluding carboxylic acids is 3. The van der Waals surface area contributed by atoms with Gasteiger partial charge in [-0.25, -0.2) is 4.98 Å². The van der Waals surface area contributed by atoms with Gasteiger partial charge in [0.25, 0.3) is 5.91 Å². The molecule has 3 aliphatic rings. The largest absolute Gasteiger partial charge is 0.381 e. The number of hydrogen-bond acceptors (Lipinski definition) is 7. The molecular formula is C28H36N4O4S2. The molecule has 8 nitrogen and oxygen atoms in total. The highest BCUT2D eigenvalue weighted by Crippen LogP contribution is 2.40. The van der Waals surface area contributed by atoms with Gasteiger partial charge >= 0.3 is 0 Å². The third kappa shape index (κ3) is 6.24. The minimum absolute atomic E-state index is 0.00365. The third-order valence-corrected chi connectivity index (χ3v) is 9.71. The van der Waals surface area contributed by atoms with Crippen LogP contribution in [-0.4, -0.2) is 64.0 Å². The van der Waals surface area contributed by atoms with Gasteiger partial charge in [-0.2, -0.15) is 0 Å². The lowest BCUT2D eigenvalue weighted by molar-refractivity contribution is -0.142. The van der Waals surface area contributed by atoms with Gasteiger partial charge in [-0.15, -0.1) is 23.1 Å². The Bertz CT molecular complexity index is 1140. The SMILES string of the molecule is CCCC(C)C(=O)N1C(C(=O)Nc2nc(-c3ccc(C(=O)NC4CC4)cc3)cs2)CSC1C1CCOCC1. The number of hydrogen-bond donors (Lipinski definition) is 2. The molecule has 2 aromatic rings. The first kappa shape index (κ1) is 27.1. The molecule has 0 radical (unpaired) electrons. The molecule has 3 unspecified atom stereocenters. The summed E-state index contributed by atoms with van der Waals surface area (Å²) in [6.45, 7) is 5.47. The van der Waals surface area contributed by atoms with Crippen LogP contribution in [0.2, 0.25) is 0 Å². The Morgan fingerprint density at radius 3 is 2.55 bits per heavy atom. The van der Waals surface area contributed by atoms with E-state index in [1.54, 1.807) is 23.9 Å². The summed E-state index contributed by atoms with van der Waals surface area (Å²) in [5, 5.41) is 8.39. The number of carbonyl (C=O) groups is 3. The van der Waals surface area contributed by atoms with E-state index in [4.69, 9.17) is 4.74 Å². The van der Waals surface area contributed by atoms with E-state index in [1.807, 2.05) is 29.3 Å². The summed E-state index contributed by atoms with van der Waals surface area (Å²) < 4.78 is 5.55. The van der Waals surface area contributed by atoms with Crippen LogP contribution >= 0.6 is 23.1 Å². The minimum Gasteiger partial charge on any atom is -0.381 e. The zero-order valence-electron chi connectivity index (χ0n) is 22.0. The second-order valence-corrected chi connectivity index (χ2v) is 12.5. The smallest absolute Gasteiger partial charge is 0.251 e. The average Bonchev–Trinajstić information content (AvgIpc) is 3.44. The van der Waals surface area contributed by atoms with Crippen molar-refractivity contribution in [2.75, 3.05) is 24.3 Å². The van der Waals surface area contributed by atoms with Crippen LogP contribution in [0.3, 0.4) is 0 Å². The Morgan fingerprint density at radius 2 is 1.87 bits per heavy atom. The summed E-state index contributed by atoms with van der Waals surface area (Å²) in [5.41, 5.74) is 2.25. The molecule has 5 rings (SSSR count). The molecule has 1 aromatic carbocycles. The lowest BCUT2D eigenvalue weighted by Crippen LogP contribution is -2.51. The van der Waals surface area contributed by atoms with Crippen molar-refractivity contribution in [3.8, 4) is 11.3 Å². The van der Waals surface area contributed by atoms with Gasteiger partial charge in [0, 0.05) is 47.4 Å². The number of nitrogens with one attached hydrogen (secondary N) is 2. The van der Waals surface area contributed by atoms with Crippen molar-refractivity contribution in [1.29, 1.82) is 0 Å². The maximum absolute atomic E-state index is 13.5. The van der Waals surface area contributed by atoms with Crippen LogP contribution in [0.5, 0.6) is 0 Å². The molecule has 1 aromatic heterocycles. The van der Waals surface area contributed by atoms with Crippen molar-refractivity contribution in [2.24, 2.45) is 11.8 Å². The van der Waals surface area contributed by atoms with Crippen molar-refractivity contribution in [2.45, 2.75) is 69.8 Å². The molecule has 1 aliphatic carbocycles. The number of anilines is 1. The van der Waals surface area contributed by atoms with Crippen LogP contribution in [0.1, 0.15) is 62.7 Å². The Labute approximate surface area is 232 Å². The molecule has 3 atom stereocenters. The number of aromatic nitrogens is 1. The van der Waals surface area contributed by atoms with Crippen molar-refractivity contribution < 1.29 is 19.1 Å². The van der Waals surface area contributed by atoms with E-state index in [1.165, 1.54) is 11.3 Å². The summed E-state index contributed by atoms with van der Waals surface area (Å²) in [6, 6.07) is 7.17. The van der Waals surface area contributed by atoms with Crippen molar-refractivity contribution in [3.05, 3.63) is 35.2 Å². The molecule has 38 heavy (non-hydrogen) atoms. The molecule has 10 heteroatoms. The normalized spacial score (nSPS) is 22.7. The van der Waals surface area contributed by atoms with Gasteiger partial charge in [0.05, 0.1) is 11.1 Å². The predicted octanol–water partition coefficient (Wildman–Crippen LogP) is 4.77. The molecular weight excluding hydrogens is 520 g/mol. The van der Waals surface area contributed by atoms with E-state index in [-0.39, 0.29) is 29.0 Å². The highest BCUT2D eigenvalue weighted by Gasteiger charge is 2.46.